The van der Waals surface area contributed by atoms with Gasteiger partial charge in [0, 0.05) is 26.2 Å². The first-order valence-electron chi connectivity index (χ1n) is 8.13. The summed E-state index contributed by atoms with van der Waals surface area (Å²) in [5, 5.41) is 2.83. The van der Waals surface area contributed by atoms with Crippen LogP contribution in [0.15, 0.2) is 23.1 Å². The molecule has 146 valence electrons. The lowest BCUT2D eigenvalue weighted by atomic mass is 10.3. The molecule has 1 aromatic rings. The summed E-state index contributed by atoms with van der Waals surface area (Å²) in [6, 6.07) is 4.04. The Hall–Kier alpha value is -1.39. The van der Waals surface area contributed by atoms with Gasteiger partial charge in [-0.3, -0.25) is 4.79 Å². The fourth-order valence-corrected chi connectivity index (χ4v) is 4.18. The second-order valence-electron chi connectivity index (χ2n) is 5.82. The van der Waals surface area contributed by atoms with E-state index in [2.05, 4.69) is 5.32 Å². The zero-order chi connectivity index (χ0) is 19.2. The molecule has 0 spiro atoms. The maximum atomic E-state index is 12.6. The van der Waals surface area contributed by atoms with Gasteiger partial charge in [0.15, 0.2) is 6.61 Å². The van der Waals surface area contributed by atoms with Crippen molar-refractivity contribution < 1.29 is 27.4 Å². The number of carbonyl (C=O) groups excluding carboxylic acids is 1. The first-order chi connectivity index (χ1) is 12.3. The number of rotatable bonds is 8. The van der Waals surface area contributed by atoms with Crippen LogP contribution in [0.25, 0.3) is 0 Å². The number of hydrogen-bond donors (Lipinski definition) is 1. The number of benzene rings is 1. The van der Waals surface area contributed by atoms with Crippen LogP contribution in [0, 0.1) is 0 Å². The predicted molar refractivity (Wildman–Crippen MR) is 96.0 cm³/mol. The highest BCUT2D eigenvalue weighted by atomic mass is 35.5. The van der Waals surface area contributed by atoms with Crippen LogP contribution < -0.4 is 10.1 Å². The number of morpholine rings is 1. The lowest BCUT2D eigenvalue weighted by Gasteiger charge is -2.26. The van der Waals surface area contributed by atoms with Crippen LogP contribution >= 0.6 is 11.6 Å². The fraction of sp³-hybridized carbons (Fsp3) is 0.562. The molecule has 0 saturated carbocycles. The zero-order valence-corrected chi connectivity index (χ0v) is 16.3. The Balaban J connectivity index is 1.99. The number of amides is 1. The minimum atomic E-state index is -3.63. The van der Waals surface area contributed by atoms with Crippen molar-refractivity contribution in [1.29, 1.82) is 0 Å². The van der Waals surface area contributed by atoms with Gasteiger partial charge < -0.3 is 19.5 Å². The van der Waals surface area contributed by atoms with E-state index < -0.39 is 10.0 Å². The summed E-state index contributed by atoms with van der Waals surface area (Å²) in [6.07, 6.45) is 0. The smallest absolute Gasteiger partial charge is 0.258 e. The Morgan fingerprint density at radius 1 is 1.38 bits per heavy atom. The Kier molecular flexibility index (Phi) is 7.66. The van der Waals surface area contributed by atoms with Crippen LogP contribution in [-0.2, 0) is 24.3 Å². The van der Waals surface area contributed by atoms with E-state index in [4.69, 9.17) is 25.8 Å². The zero-order valence-electron chi connectivity index (χ0n) is 14.7. The molecule has 1 atom stereocenters. The monoisotopic (exact) mass is 406 g/mol. The van der Waals surface area contributed by atoms with Crippen LogP contribution in [-0.4, -0.2) is 71.3 Å². The van der Waals surface area contributed by atoms with Crippen molar-refractivity contribution in [3.63, 3.8) is 0 Å². The molecule has 0 aliphatic carbocycles. The molecule has 8 nitrogen and oxygen atoms in total. The molecule has 1 heterocycles. The van der Waals surface area contributed by atoms with E-state index in [1.807, 2.05) is 0 Å². The highest BCUT2D eigenvalue weighted by Crippen LogP contribution is 2.29. The van der Waals surface area contributed by atoms with E-state index in [0.717, 1.165) is 0 Å². The molecule has 1 N–H and O–H groups in total. The highest BCUT2D eigenvalue weighted by Gasteiger charge is 2.27. The van der Waals surface area contributed by atoms with E-state index in [0.29, 0.717) is 32.9 Å². The Bertz CT molecular complexity index is 721. The summed E-state index contributed by atoms with van der Waals surface area (Å²) in [6.45, 7) is 3.30. The van der Waals surface area contributed by atoms with Crippen molar-refractivity contribution in [2.24, 2.45) is 0 Å². The fourth-order valence-electron chi connectivity index (χ4n) is 2.45. The summed E-state index contributed by atoms with van der Waals surface area (Å²) in [4.78, 5) is 11.9. The average Bonchev–Trinajstić information content (AvgIpc) is 2.61. The van der Waals surface area contributed by atoms with Gasteiger partial charge in [0.25, 0.3) is 5.91 Å². The normalized spacial score (nSPS) is 16.9. The second-order valence-corrected chi connectivity index (χ2v) is 8.17. The molecule has 1 unspecified atom stereocenters. The molecule has 26 heavy (non-hydrogen) atoms. The molecule has 1 fully saturated rings. The van der Waals surface area contributed by atoms with Gasteiger partial charge in [-0.05, 0) is 25.1 Å². The molecule has 0 aromatic heterocycles. The minimum absolute atomic E-state index is 0.0786. The highest BCUT2D eigenvalue weighted by molar-refractivity contribution is 7.89. The van der Waals surface area contributed by atoms with Gasteiger partial charge in [-0.2, -0.15) is 4.31 Å². The third-order valence-electron chi connectivity index (χ3n) is 3.69. The molecule has 1 aromatic carbocycles. The summed E-state index contributed by atoms with van der Waals surface area (Å²) in [7, 11) is -2.09. The van der Waals surface area contributed by atoms with Gasteiger partial charge in [-0.25, -0.2) is 8.42 Å². The minimum Gasteiger partial charge on any atom is -0.482 e. The molecular weight excluding hydrogens is 384 g/mol. The van der Waals surface area contributed by atoms with Crippen molar-refractivity contribution in [1.82, 2.24) is 9.62 Å². The van der Waals surface area contributed by atoms with Crippen molar-refractivity contribution in [3.05, 3.63) is 23.2 Å². The Morgan fingerprint density at radius 3 is 2.69 bits per heavy atom. The van der Waals surface area contributed by atoms with Gasteiger partial charge in [-0.1, -0.05) is 11.6 Å². The maximum absolute atomic E-state index is 12.6. The van der Waals surface area contributed by atoms with Gasteiger partial charge in [0.05, 0.1) is 29.7 Å². The van der Waals surface area contributed by atoms with E-state index in [1.165, 1.54) is 22.5 Å². The number of sulfonamides is 1. The van der Waals surface area contributed by atoms with Gasteiger partial charge >= 0.3 is 0 Å². The number of hydrogen-bond acceptors (Lipinski definition) is 6. The topological polar surface area (TPSA) is 94.2 Å². The van der Waals surface area contributed by atoms with Crippen molar-refractivity contribution in [2.45, 2.75) is 17.9 Å². The molecule has 1 saturated heterocycles. The number of halogens is 1. The number of methoxy groups -OCH3 is 1. The number of ether oxygens (including phenoxy) is 3. The molecule has 0 radical (unpaired) electrons. The van der Waals surface area contributed by atoms with E-state index in [9.17, 15) is 13.2 Å². The summed E-state index contributed by atoms with van der Waals surface area (Å²) in [5.74, 6) is -0.0854. The van der Waals surface area contributed by atoms with Crippen molar-refractivity contribution in [3.8, 4) is 5.75 Å². The van der Waals surface area contributed by atoms with Crippen LogP contribution in [0.5, 0.6) is 5.75 Å². The third-order valence-corrected chi connectivity index (χ3v) is 5.88. The second kappa shape index (κ2) is 9.52. The predicted octanol–water partition coefficient (Wildman–Crippen LogP) is 0.891. The molecular formula is C16H23ClN2O6S. The van der Waals surface area contributed by atoms with Crippen LogP contribution in [0.1, 0.15) is 6.92 Å². The SMILES string of the molecule is COCC(C)NC(=O)COc1ccc(S(=O)(=O)N2CCOCC2)cc1Cl. The molecule has 1 aliphatic heterocycles. The number of nitrogens with zero attached hydrogens (tertiary/aromatic N) is 1. The quantitative estimate of drug-likeness (QED) is 0.689. The molecule has 2 rings (SSSR count). The van der Waals surface area contributed by atoms with Crippen molar-refractivity contribution >= 4 is 27.5 Å². The van der Waals surface area contributed by atoms with Gasteiger partial charge in [0.1, 0.15) is 5.75 Å². The summed E-state index contributed by atoms with van der Waals surface area (Å²) in [5.41, 5.74) is 0. The van der Waals surface area contributed by atoms with Crippen LogP contribution in [0.4, 0.5) is 0 Å². The third kappa shape index (κ3) is 5.55. The maximum Gasteiger partial charge on any atom is 0.258 e. The summed E-state index contributed by atoms with van der Waals surface area (Å²) < 4.78 is 42.0. The lowest BCUT2D eigenvalue weighted by molar-refractivity contribution is -0.124. The standard InChI is InChI=1S/C16H23ClN2O6S/c1-12(10-23-2)18-16(20)11-25-15-4-3-13(9-14(15)17)26(21,22)19-5-7-24-8-6-19/h3-4,9,12H,5-8,10-11H2,1-2H3,(H,18,20). The summed E-state index contributed by atoms with van der Waals surface area (Å²) >= 11 is 6.13. The number of nitrogens with one attached hydrogen (secondary N) is 1. The van der Waals surface area contributed by atoms with Crippen LogP contribution in [0.2, 0.25) is 5.02 Å². The van der Waals surface area contributed by atoms with Crippen LogP contribution in [0.3, 0.4) is 0 Å². The van der Waals surface area contributed by atoms with Gasteiger partial charge in [-0.15, -0.1) is 0 Å². The Labute approximate surface area is 158 Å². The largest absolute Gasteiger partial charge is 0.482 e. The molecule has 10 heteroatoms. The average molecular weight is 407 g/mol. The molecule has 1 amide bonds. The van der Waals surface area contributed by atoms with E-state index in [1.54, 1.807) is 14.0 Å². The first kappa shape index (κ1) is 20.9. The molecule has 0 bridgehead atoms. The van der Waals surface area contributed by atoms with E-state index >= 15 is 0 Å². The van der Waals surface area contributed by atoms with E-state index in [-0.39, 0.29) is 34.2 Å². The molecule has 1 aliphatic rings. The lowest BCUT2D eigenvalue weighted by Crippen LogP contribution is -2.40. The van der Waals surface area contributed by atoms with Crippen molar-refractivity contribution in [2.75, 3.05) is 46.6 Å². The van der Waals surface area contributed by atoms with Gasteiger partial charge in [0.2, 0.25) is 10.0 Å². The first-order valence-corrected chi connectivity index (χ1v) is 9.95. The Morgan fingerprint density at radius 2 is 2.08 bits per heavy atom. The number of carbonyl (C=O) groups is 1.